The Morgan fingerprint density at radius 3 is 2.94 bits per heavy atom. The fraction of sp³-hybridized carbons (Fsp3) is 0.667. The maximum Gasteiger partial charge on any atom is 0.223 e. The zero-order valence-electron chi connectivity index (χ0n) is 10.4. The van der Waals surface area contributed by atoms with Gasteiger partial charge in [0.25, 0.3) is 0 Å². The highest BCUT2D eigenvalue weighted by Crippen LogP contribution is 2.18. The minimum absolute atomic E-state index is 0.747. The largest absolute Gasteiger partial charge is 0.354 e. The summed E-state index contributed by atoms with van der Waals surface area (Å²) in [4.78, 5) is 8.63. The van der Waals surface area contributed by atoms with Crippen LogP contribution < -0.4 is 5.32 Å². The molecule has 3 nitrogen and oxygen atoms in total. The van der Waals surface area contributed by atoms with Crippen molar-refractivity contribution in [3.63, 3.8) is 0 Å². The number of nitrogens with one attached hydrogen (secondary N) is 1. The lowest BCUT2D eigenvalue weighted by atomic mass is 10.2. The first-order valence-corrected chi connectivity index (χ1v) is 6.90. The average molecular weight is 239 g/mol. The number of rotatable bonds is 7. The number of nitrogens with zero attached hydrogens (tertiary/aromatic N) is 2. The summed E-state index contributed by atoms with van der Waals surface area (Å²) in [6, 6.07) is 1.97. The molecule has 0 aliphatic carbocycles. The summed E-state index contributed by atoms with van der Waals surface area (Å²) < 4.78 is 0. The summed E-state index contributed by atoms with van der Waals surface area (Å²) in [5.74, 6) is 2.63. The van der Waals surface area contributed by atoms with Crippen LogP contribution in [-0.2, 0) is 0 Å². The number of hydrogen-bond acceptors (Lipinski definition) is 4. The molecule has 0 aromatic carbocycles. The maximum atomic E-state index is 4.45. The quantitative estimate of drug-likeness (QED) is 0.584. The molecule has 0 radical (unpaired) electrons. The summed E-state index contributed by atoms with van der Waals surface area (Å²) in [6.07, 6.45) is 4.14. The lowest BCUT2D eigenvalue weighted by molar-refractivity contribution is 0.632. The summed E-state index contributed by atoms with van der Waals surface area (Å²) in [5, 5.41) is 4.26. The Bertz CT molecular complexity index is 302. The zero-order valence-corrected chi connectivity index (χ0v) is 11.2. The van der Waals surface area contributed by atoms with Crippen LogP contribution >= 0.6 is 11.8 Å². The Morgan fingerprint density at radius 2 is 2.25 bits per heavy atom. The van der Waals surface area contributed by atoms with Crippen LogP contribution in [0.1, 0.15) is 33.6 Å². The predicted molar refractivity (Wildman–Crippen MR) is 71.0 cm³/mol. The number of anilines is 1. The van der Waals surface area contributed by atoms with Gasteiger partial charge >= 0.3 is 0 Å². The molecule has 16 heavy (non-hydrogen) atoms. The molecule has 0 fully saturated rings. The van der Waals surface area contributed by atoms with Gasteiger partial charge in [0.1, 0.15) is 5.03 Å². The van der Waals surface area contributed by atoms with E-state index in [1.165, 1.54) is 6.42 Å². The van der Waals surface area contributed by atoms with Gasteiger partial charge in [0.05, 0.1) is 0 Å². The van der Waals surface area contributed by atoms with Crippen LogP contribution in [0.15, 0.2) is 17.3 Å². The fourth-order valence-corrected chi connectivity index (χ4v) is 2.25. The first-order chi connectivity index (χ1) is 7.72. The van der Waals surface area contributed by atoms with E-state index >= 15 is 0 Å². The molecule has 1 N–H and O–H groups in total. The highest BCUT2D eigenvalue weighted by atomic mass is 32.2. The van der Waals surface area contributed by atoms with Gasteiger partial charge in [-0.3, -0.25) is 0 Å². The molecule has 90 valence electrons. The Hall–Kier alpha value is -0.770. The third kappa shape index (κ3) is 5.35. The minimum atomic E-state index is 0.747. The molecule has 0 spiro atoms. The first kappa shape index (κ1) is 13.3. The average Bonchev–Trinajstić information content (AvgIpc) is 2.26. The van der Waals surface area contributed by atoms with Crippen LogP contribution in [0, 0.1) is 5.92 Å². The summed E-state index contributed by atoms with van der Waals surface area (Å²) in [7, 11) is 0. The van der Waals surface area contributed by atoms with E-state index in [2.05, 4.69) is 36.1 Å². The first-order valence-electron chi connectivity index (χ1n) is 5.92. The molecule has 0 saturated heterocycles. The zero-order chi connectivity index (χ0) is 11.8. The van der Waals surface area contributed by atoms with Crippen LogP contribution in [-0.4, -0.2) is 22.3 Å². The number of aromatic nitrogens is 2. The van der Waals surface area contributed by atoms with Gasteiger partial charge in [0.2, 0.25) is 5.95 Å². The van der Waals surface area contributed by atoms with Gasteiger partial charge in [-0.2, -0.15) is 0 Å². The molecule has 0 amide bonds. The van der Waals surface area contributed by atoms with E-state index < -0.39 is 0 Å². The van der Waals surface area contributed by atoms with Crippen molar-refractivity contribution in [1.29, 1.82) is 0 Å². The highest BCUT2D eigenvalue weighted by Gasteiger charge is 2.00. The Labute approximate surface area is 102 Å². The highest BCUT2D eigenvalue weighted by molar-refractivity contribution is 7.99. The van der Waals surface area contributed by atoms with E-state index in [9.17, 15) is 0 Å². The van der Waals surface area contributed by atoms with Gasteiger partial charge in [-0.15, -0.1) is 11.8 Å². The third-order valence-electron chi connectivity index (χ3n) is 2.11. The molecule has 1 rings (SSSR count). The molecule has 1 heterocycles. The number of hydrogen-bond donors (Lipinski definition) is 1. The fourth-order valence-electron chi connectivity index (χ4n) is 1.14. The third-order valence-corrected chi connectivity index (χ3v) is 3.07. The van der Waals surface area contributed by atoms with Crippen molar-refractivity contribution < 1.29 is 0 Å². The predicted octanol–water partition coefficient (Wildman–Crippen LogP) is 3.44. The molecule has 0 bridgehead atoms. The van der Waals surface area contributed by atoms with E-state index in [4.69, 9.17) is 0 Å². The number of thioether (sulfide) groups is 1. The normalized spacial score (nSPS) is 10.8. The van der Waals surface area contributed by atoms with Crippen molar-refractivity contribution in [2.45, 2.75) is 38.6 Å². The van der Waals surface area contributed by atoms with E-state index in [1.807, 2.05) is 12.3 Å². The van der Waals surface area contributed by atoms with E-state index in [-0.39, 0.29) is 0 Å². The smallest absolute Gasteiger partial charge is 0.223 e. The lowest BCUT2D eigenvalue weighted by Gasteiger charge is -2.06. The Morgan fingerprint density at radius 1 is 1.44 bits per heavy atom. The van der Waals surface area contributed by atoms with Crippen molar-refractivity contribution in [2.24, 2.45) is 5.92 Å². The summed E-state index contributed by atoms with van der Waals surface area (Å²) >= 11 is 1.81. The maximum absolute atomic E-state index is 4.45. The van der Waals surface area contributed by atoms with Gasteiger partial charge in [0, 0.05) is 12.7 Å². The van der Waals surface area contributed by atoms with Crippen molar-refractivity contribution in [3.8, 4) is 0 Å². The molecule has 0 aliphatic heterocycles. The van der Waals surface area contributed by atoms with Gasteiger partial charge in [-0.05, 0) is 30.6 Å². The Kier molecular flexibility index (Phi) is 6.23. The molecule has 0 atom stereocenters. The topological polar surface area (TPSA) is 37.8 Å². The van der Waals surface area contributed by atoms with Gasteiger partial charge in [0.15, 0.2) is 0 Å². The van der Waals surface area contributed by atoms with Gasteiger partial charge < -0.3 is 5.32 Å². The van der Waals surface area contributed by atoms with Crippen molar-refractivity contribution >= 4 is 17.7 Å². The molecule has 1 aromatic heterocycles. The lowest BCUT2D eigenvalue weighted by Crippen LogP contribution is -2.04. The Balaban J connectivity index is 2.40. The molecule has 0 saturated carbocycles. The summed E-state index contributed by atoms with van der Waals surface area (Å²) in [6.45, 7) is 7.55. The van der Waals surface area contributed by atoms with E-state index in [1.54, 1.807) is 11.8 Å². The van der Waals surface area contributed by atoms with E-state index in [0.29, 0.717) is 0 Å². The van der Waals surface area contributed by atoms with Crippen LogP contribution in [0.3, 0.4) is 0 Å². The van der Waals surface area contributed by atoms with Crippen molar-refractivity contribution in [3.05, 3.63) is 12.3 Å². The van der Waals surface area contributed by atoms with Crippen LogP contribution in [0.2, 0.25) is 0 Å². The second-order valence-electron chi connectivity index (χ2n) is 4.18. The van der Waals surface area contributed by atoms with Crippen LogP contribution in [0.4, 0.5) is 5.95 Å². The molecule has 4 heteroatoms. The van der Waals surface area contributed by atoms with Gasteiger partial charge in [-0.25, -0.2) is 9.97 Å². The standard InChI is InChI=1S/C12H21N3S/c1-4-7-13-12-14-8-5-11(15-12)16-9-6-10(2)3/h5,8,10H,4,6-7,9H2,1-3H3,(H,13,14,15). The summed E-state index contributed by atoms with van der Waals surface area (Å²) in [5.41, 5.74) is 0. The van der Waals surface area contributed by atoms with Gasteiger partial charge in [-0.1, -0.05) is 20.8 Å². The van der Waals surface area contributed by atoms with Crippen LogP contribution in [0.5, 0.6) is 0 Å². The molecular weight excluding hydrogens is 218 g/mol. The van der Waals surface area contributed by atoms with Crippen molar-refractivity contribution in [1.82, 2.24) is 9.97 Å². The minimum Gasteiger partial charge on any atom is -0.354 e. The SMILES string of the molecule is CCCNc1nccc(SCCC(C)C)n1. The molecular formula is C12H21N3S. The molecule has 0 unspecified atom stereocenters. The van der Waals surface area contributed by atoms with Crippen molar-refractivity contribution in [2.75, 3.05) is 17.6 Å². The molecule has 0 aliphatic rings. The second-order valence-corrected chi connectivity index (χ2v) is 5.29. The molecule has 1 aromatic rings. The second kappa shape index (κ2) is 7.49. The van der Waals surface area contributed by atoms with Crippen LogP contribution in [0.25, 0.3) is 0 Å². The van der Waals surface area contributed by atoms with E-state index in [0.717, 1.165) is 35.6 Å². The monoisotopic (exact) mass is 239 g/mol.